The van der Waals surface area contributed by atoms with Gasteiger partial charge in [-0.05, 0) is 50.6 Å². The van der Waals surface area contributed by atoms with Crippen molar-refractivity contribution in [2.24, 2.45) is 0 Å². The first-order valence-electron chi connectivity index (χ1n) is 6.81. The van der Waals surface area contributed by atoms with Crippen molar-refractivity contribution < 1.29 is 9.47 Å². The third-order valence-electron chi connectivity index (χ3n) is 3.30. The Morgan fingerprint density at radius 2 is 2.22 bits per heavy atom. The molecule has 3 heteroatoms. The third kappa shape index (κ3) is 2.96. The van der Waals surface area contributed by atoms with Gasteiger partial charge in [-0.3, -0.25) is 0 Å². The highest BCUT2D eigenvalue weighted by atomic mass is 16.5. The first-order valence-corrected chi connectivity index (χ1v) is 6.81. The van der Waals surface area contributed by atoms with Crippen molar-refractivity contribution in [3.8, 4) is 11.5 Å². The summed E-state index contributed by atoms with van der Waals surface area (Å²) in [7, 11) is 1.74. The maximum Gasteiger partial charge on any atom is 0.123 e. The average Bonchev–Trinajstić information content (AvgIpc) is 2.72. The number of hydrogen-bond donors (Lipinski definition) is 1. The van der Waals surface area contributed by atoms with E-state index in [9.17, 15) is 0 Å². The number of nitrogens with one attached hydrogen (secondary N) is 1. The van der Waals surface area contributed by atoms with E-state index in [0.29, 0.717) is 0 Å². The van der Waals surface area contributed by atoms with Gasteiger partial charge in [-0.15, -0.1) is 0 Å². The Hall–Kier alpha value is -1.22. The SMILES string of the molecule is CCCNCCc1cc2c(cc1OC)CC(C)O2. The number of hydrogen-bond acceptors (Lipinski definition) is 3. The minimum atomic E-state index is 0.290. The van der Waals surface area contributed by atoms with Crippen LogP contribution in [0.5, 0.6) is 11.5 Å². The van der Waals surface area contributed by atoms with Gasteiger partial charge in [-0.1, -0.05) is 6.92 Å². The molecule has 1 aromatic carbocycles. The molecule has 0 aliphatic carbocycles. The van der Waals surface area contributed by atoms with Crippen LogP contribution in [0, 0.1) is 0 Å². The van der Waals surface area contributed by atoms with Crippen LogP contribution in [-0.4, -0.2) is 26.3 Å². The zero-order valence-electron chi connectivity index (χ0n) is 11.6. The van der Waals surface area contributed by atoms with Crippen LogP contribution >= 0.6 is 0 Å². The Labute approximate surface area is 109 Å². The van der Waals surface area contributed by atoms with E-state index in [1.54, 1.807) is 7.11 Å². The third-order valence-corrected chi connectivity index (χ3v) is 3.30. The Kier molecular flexibility index (Phi) is 4.48. The monoisotopic (exact) mass is 249 g/mol. The summed E-state index contributed by atoms with van der Waals surface area (Å²) in [5.41, 5.74) is 2.50. The molecule has 1 heterocycles. The van der Waals surface area contributed by atoms with E-state index < -0.39 is 0 Å². The average molecular weight is 249 g/mol. The van der Waals surface area contributed by atoms with E-state index in [-0.39, 0.29) is 6.10 Å². The molecule has 0 saturated heterocycles. The second-order valence-corrected chi connectivity index (χ2v) is 4.90. The maximum atomic E-state index is 5.80. The summed E-state index contributed by atoms with van der Waals surface area (Å²) in [6.07, 6.45) is 3.43. The summed E-state index contributed by atoms with van der Waals surface area (Å²) in [4.78, 5) is 0. The van der Waals surface area contributed by atoms with Gasteiger partial charge in [-0.2, -0.15) is 0 Å². The molecule has 1 unspecified atom stereocenters. The highest BCUT2D eigenvalue weighted by Gasteiger charge is 2.21. The van der Waals surface area contributed by atoms with E-state index in [1.807, 2.05) is 0 Å². The molecule has 0 spiro atoms. The Balaban J connectivity index is 2.07. The maximum absolute atomic E-state index is 5.80. The Morgan fingerprint density at radius 1 is 1.39 bits per heavy atom. The summed E-state index contributed by atoms with van der Waals surface area (Å²) in [6, 6.07) is 4.28. The second kappa shape index (κ2) is 6.10. The van der Waals surface area contributed by atoms with Gasteiger partial charge in [0, 0.05) is 12.0 Å². The lowest BCUT2D eigenvalue weighted by atomic mass is 10.0. The van der Waals surface area contributed by atoms with Crippen molar-refractivity contribution in [3.05, 3.63) is 23.3 Å². The van der Waals surface area contributed by atoms with Crippen molar-refractivity contribution in [2.45, 2.75) is 39.2 Å². The molecule has 2 rings (SSSR count). The van der Waals surface area contributed by atoms with Crippen molar-refractivity contribution in [1.82, 2.24) is 5.32 Å². The lowest BCUT2D eigenvalue weighted by molar-refractivity contribution is 0.254. The predicted molar refractivity (Wildman–Crippen MR) is 73.7 cm³/mol. The molecule has 0 bridgehead atoms. The molecule has 3 nitrogen and oxygen atoms in total. The molecule has 0 saturated carbocycles. The van der Waals surface area contributed by atoms with E-state index in [1.165, 1.54) is 17.5 Å². The largest absolute Gasteiger partial charge is 0.496 e. The summed E-state index contributed by atoms with van der Waals surface area (Å²) < 4.78 is 11.3. The predicted octanol–water partition coefficient (Wildman–Crippen LogP) is 2.56. The van der Waals surface area contributed by atoms with Crippen LogP contribution in [0.15, 0.2) is 12.1 Å². The fourth-order valence-electron chi connectivity index (χ4n) is 2.39. The minimum Gasteiger partial charge on any atom is -0.496 e. The molecular weight excluding hydrogens is 226 g/mol. The molecule has 1 aromatic rings. The molecule has 0 fully saturated rings. The van der Waals surface area contributed by atoms with Crippen LogP contribution in [0.1, 0.15) is 31.4 Å². The topological polar surface area (TPSA) is 30.5 Å². The molecule has 100 valence electrons. The lowest BCUT2D eigenvalue weighted by Crippen LogP contribution is -2.18. The summed E-state index contributed by atoms with van der Waals surface area (Å²) in [6.45, 7) is 6.34. The van der Waals surface area contributed by atoms with E-state index in [0.717, 1.165) is 37.4 Å². The molecule has 1 aliphatic heterocycles. The van der Waals surface area contributed by atoms with Crippen LogP contribution in [0.2, 0.25) is 0 Å². The fourth-order valence-corrected chi connectivity index (χ4v) is 2.39. The molecule has 0 aromatic heterocycles. The van der Waals surface area contributed by atoms with Crippen LogP contribution in [0.3, 0.4) is 0 Å². The summed E-state index contributed by atoms with van der Waals surface area (Å²) >= 11 is 0. The molecule has 1 N–H and O–H groups in total. The smallest absolute Gasteiger partial charge is 0.123 e. The number of rotatable bonds is 6. The van der Waals surface area contributed by atoms with Gasteiger partial charge in [-0.25, -0.2) is 0 Å². The van der Waals surface area contributed by atoms with Crippen LogP contribution in [0.4, 0.5) is 0 Å². The van der Waals surface area contributed by atoms with Gasteiger partial charge in [0.25, 0.3) is 0 Å². The zero-order chi connectivity index (χ0) is 13.0. The van der Waals surface area contributed by atoms with Crippen LogP contribution in [-0.2, 0) is 12.8 Å². The van der Waals surface area contributed by atoms with Crippen molar-refractivity contribution in [2.75, 3.05) is 20.2 Å². The van der Waals surface area contributed by atoms with Crippen molar-refractivity contribution in [1.29, 1.82) is 0 Å². The first kappa shape index (κ1) is 13.2. The highest BCUT2D eigenvalue weighted by Crippen LogP contribution is 2.35. The quantitative estimate of drug-likeness (QED) is 0.786. The van der Waals surface area contributed by atoms with E-state index >= 15 is 0 Å². The lowest BCUT2D eigenvalue weighted by Gasteiger charge is -2.11. The second-order valence-electron chi connectivity index (χ2n) is 4.90. The van der Waals surface area contributed by atoms with Gasteiger partial charge in [0.05, 0.1) is 7.11 Å². The number of benzene rings is 1. The number of fused-ring (bicyclic) bond motifs is 1. The molecular formula is C15H23NO2. The molecule has 18 heavy (non-hydrogen) atoms. The van der Waals surface area contributed by atoms with E-state index in [2.05, 4.69) is 31.3 Å². The van der Waals surface area contributed by atoms with Crippen molar-refractivity contribution in [3.63, 3.8) is 0 Å². The zero-order valence-corrected chi connectivity index (χ0v) is 11.6. The molecule has 1 aliphatic rings. The normalized spacial score (nSPS) is 17.4. The molecule has 0 radical (unpaired) electrons. The summed E-state index contributed by atoms with van der Waals surface area (Å²) in [5.74, 6) is 2.03. The highest BCUT2D eigenvalue weighted by molar-refractivity contribution is 5.48. The molecule has 1 atom stereocenters. The fraction of sp³-hybridized carbons (Fsp3) is 0.600. The van der Waals surface area contributed by atoms with E-state index in [4.69, 9.17) is 9.47 Å². The van der Waals surface area contributed by atoms with Crippen molar-refractivity contribution >= 4 is 0 Å². The van der Waals surface area contributed by atoms with Crippen LogP contribution < -0.4 is 14.8 Å². The summed E-state index contributed by atoms with van der Waals surface area (Å²) in [5, 5.41) is 3.41. The van der Waals surface area contributed by atoms with Gasteiger partial charge in [0.15, 0.2) is 0 Å². The standard InChI is InChI=1S/C15H23NO2/c1-4-6-16-7-5-12-9-15-13(8-11(2)18-15)10-14(12)17-3/h9-11,16H,4-8H2,1-3H3. The van der Waals surface area contributed by atoms with Gasteiger partial charge >= 0.3 is 0 Å². The van der Waals surface area contributed by atoms with Gasteiger partial charge in [0.1, 0.15) is 17.6 Å². The minimum absolute atomic E-state index is 0.290. The number of ether oxygens (including phenoxy) is 2. The Bertz CT molecular complexity index is 404. The molecule has 0 amide bonds. The van der Waals surface area contributed by atoms with Crippen LogP contribution in [0.25, 0.3) is 0 Å². The van der Waals surface area contributed by atoms with Gasteiger partial charge < -0.3 is 14.8 Å². The number of methoxy groups -OCH3 is 1. The first-order chi connectivity index (χ1) is 8.74. The van der Waals surface area contributed by atoms with Gasteiger partial charge in [0.2, 0.25) is 0 Å². The Morgan fingerprint density at radius 3 is 2.94 bits per heavy atom.